The monoisotopic (exact) mass is 235 g/mol. The maximum atomic E-state index is 11.2. The zero-order valence-corrected chi connectivity index (χ0v) is 10.3. The first-order chi connectivity index (χ1) is 8.20. The van der Waals surface area contributed by atoms with Crippen LogP contribution in [0.2, 0.25) is 0 Å². The van der Waals surface area contributed by atoms with E-state index in [4.69, 9.17) is 9.47 Å². The maximum absolute atomic E-state index is 11.2. The molecular formula is C13H17NO3. The minimum atomic E-state index is 0.0449. The summed E-state index contributed by atoms with van der Waals surface area (Å²) >= 11 is 0. The van der Waals surface area contributed by atoms with E-state index in [-0.39, 0.29) is 5.78 Å². The second-order valence-corrected chi connectivity index (χ2v) is 3.42. The molecule has 0 aromatic heterocycles. The predicted molar refractivity (Wildman–Crippen MR) is 67.3 cm³/mol. The lowest BCUT2D eigenvalue weighted by atomic mass is 10.1. The molecule has 17 heavy (non-hydrogen) atoms. The van der Waals surface area contributed by atoms with Crippen LogP contribution in [0.1, 0.15) is 12.5 Å². The molecule has 0 spiro atoms. The van der Waals surface area contributed by atoms with Crippen molar-refractivity contribution in [2.75, 3.05) is 20.8 Å². The quantitative estimate of drug-likeness (QED) is 0.846. The molecule has 0 aliphatic carbocycles. The van der Waals surface area contributed by atoms with Crippen LogP contribution in [-0.4, -0.2) is 26.5 Å². The molecule has 2 rings (SSSR count). The zero-order valence-electron chi connectivity index (χ0n) is 10.3. The molecule has 0 bridgehead atoms. The molecule has 2 N–H and O–H groups in total. The molecule has 0 fully saturated rings. The van der Waals surface area contributed by atoms with E-state index in [0.717, 1.165) is 17.1 Å². The van der Waals surface area contributed by atoms with Gasteiger partial charge in [0, 0.05) is 11.1 Å². The number of rotatable bonds is 2. The molecule has 1 aliphatic rings. The fourth-order valence-electron chi connectivity index (χ4n) is 1.49. The van der Waals surface area contributed by atoms with E-state index < -0.39 is 0 Å². The molecule has 0 radical (unpaired) electrons. The van der Waals surface area contributed by atoms with Crippen molar-refractivity contribution in [2.45, 2.75) is 6.92 Å². The lowest BCUT2D eigenvalue weighted by molar-refractivity contribution is -0.113. The SMILES string of the molecule is CN.COc1ccc2c(c1)C=C(C(C)=O)CO2. The number of fused-ring (bicyclic) bond motifs is 1. The fraction of sp³-hybridized carbons (Fsp3) is 0.308. The predicted octanol–water partition coefficient (Wildman–Crippen LogP) is 1.63. The van der Waals surface area contributed by atoms with Crippen molar-refractivity contribution in [2.24, 2.45) is 5.73 Å². The Bertz CT molecular complexity index is 438. The fourth-order valence-corrected chi connectivity index (χ4v) is 1.49. The first-order valence-electron chi connectivity index (χ1n) is 5.31. The molecule has 0 atom stereocenters. The Morgan fingerprint density at radius 2 is 2.12 bits per heavy atom. The maximum Gasteiger partial charge on any atom is 0.159 e. The lowest BCUT2D eigenvalue weighted by Crippen LogP contribution is -2.12. The minimum Gasteiger partial charge on any atom is -0.497 e. The van der Waals surface area contributed by atoms with Gasteiger partial charge >= 0.3 is 0 Å². The van der Waals surface area contributed by atoms with Crippen LogP contribution < -0.4 is 15.2 Å². The van der Waals surface area contributed by atoms with Gasteiger partial charge in [-0.15, -0.1) is 0 Å². The number of carbonyl (C=O) groups is 1. The Hall–Kier alpha value is -1.81. The summed E-state index contributed by atoms with van der Waals surface area (Å²) in [6.07, 6.45) is 1.85. The molecule has 1 aliphatic heterocycles. The molecule has 0 unspecified atom stereocenters. The van der Waals surface area contributed by atoms with Gasteiger partial charge in [-0.3, -0.25) is 4.79 Å². The molecule has 0 saturated carbocycles. The molecular weight excluding hydrogens is 218 g/mol. The third-order valence-electron chi connectivity index (χ3n) is 2.38. The number of ether oxygens (including phenoxy) is 2. The highest BCUT2D eigenvalue weighted by atomic mass is 16.5. The summed E-state index contributed by atoms with van der Waals surface area (Å²) in [5.74, 6) is 1.60. The van der Waals surface area contributed by atoms with Crippen molar-refractivity contribution in [3.63, 3.8) is 0 Å². The van der Waals surface area contributed by atoms with Gasteiger partial charge in [-0.1, -0.05) is 0 Å². The Balaban J connectivity index is 0.000000686. The number of methoxy groups -OCH3 is 1. The average Bonchev–Trinajstić information content (AvgIpc) is 2.39. The van der Waals surface area contributed by atoms with Crippen LogP contribution in [0.4, 0.5) is 0 Å². The highest BCUT2D eigenvalue weighted by Crippen LogP contribution is 2.29. The Kier molecular flexibility index (Phi) is 4.72. The van der Waals surface area contributed by atoms with Crippen molar-refractivity contribution in [3.8, 4) is 11.5 Å². The highest BCUT2D eigenvalue weighted by molar-refractivity contribution is 5.99. The number of Topliss-reactive ketones (excluding diaryl/α,β-unsaturated/α-hetero) is 1. The largest absolute Gasteiger partial charge is 0.497 e. The van der Waals surface area contributed by atoms with Gasteiger partial charge in [0.2, 0.25) is 0 Å². The van der Waals surface area contributed by atoms with E-state index in [1.54, 1.807) is 14.0 Å². The van der Waals surface area contributed by atoms with E-state index in [9.17, 15) is 4.79 Å². The lowest BCUT2D eigenvalue weighted by Gasteiger charge is -2.16. The summed E-state index contributed by atoms with van der Waals surface area (Å²) in [5.41, 5.74) is 6.08. The van der Waals surface area contributed by atoms with Crippen LogP contribution in [0, 0.1) is 0 Å². The number of hydrogen-bond donors (Lipinski definition) is 1. The zero-order chi connectivity index (χ0) is 12.8. The second kappa shape index (κ2) is 6.06. The number of benzene rings is 1. The van der Waals surface area contributed by atoms with Gasteiger partial charge in [0.25, 0.3) is 0 Å². The standard InChI is InChI=1S/C12H12O3.CH5N/c1-8(13)10-5-9-6-11(14-2)3-4-12(9)15-7-10;1-2/h3-6H,7H2,1-2H3;2H2,1H3. The Morgan fingerprint density at radius 1 is 1.41 bits per heavy atom. The second-order valence-electron chi connectivity index (χ2n) is 3.42. The van der Waals surface area contributed by atoms with E-state index in [1.807, 2.05) is 24.3 Å². The molecule has 1 aromatic carbocycles. The van der Waals surface area contributed by atoms with E-state index in [0.29, 0.717) is 12.2 Å². The van der Waals surface area contributed by atoms with E-state index >= 15 is 0 Å². The number of hydrogen-bond acceptors (Lipinski definition) is 4. The van der Waals surface area contributed by atoms with Crippen molar-refractivity contribution in [1.82, 2.24) is 0 Å². The number of ketones is 1. The van der Waals surface area contributed by atoms with Crippen LogP contribution in [0.15, 0.2) is 23.8 Å². The van der Waals surface area contributed by atoms with Crippen molar-refractivity contribution >= 4 is 11.9 Å². The molecule has 0 saturated heterocycles. The van der Waals surface area contributed by atoms with Gasteiger partial charge in [-0.2, -0.15) is 0 Å². The summed E-state index contributed by atoms with van der Waals surface area (Å²) in [7, 11) is 3.11. The summed E-state index contributed by atoms with van der Waals surface area (Å²) in [4.78, 5) is 11.2. The smallest absolute Gasteiger partial charge is 0.159 e. The normalized spacial score (nSPS) is 12.4. The minimum absolute atomic E-state index is 0.0449. The van der Waals surface area contributed by atoms with Crippen molar-refractivity contribution in [1.29, 1.82) is 0 Å². The van der Waals surface area contributed by atoms with Gasteiger partial charge in [-0.25, -0.2) is 0 Å². The van der Waals surface area contributed by atoms with Gasteiger partial charge in [0.05, 0.1) is 7.11 Å². The Morgan fingerprint density at radius 3 is 2.71 bits per heavy atom. The van der Waals surface area contributed by atoms with Crippen LogP contribution in [0.25, 0.3) is 6.08 Å². The van der Waals surface area contributed by atoms with E-state index in [2.05, 4.69) is 5.73 Å². The van der Waals surface area contributed by atoms with E-state index in [1.165, 1.54) is 7.05 Å². The Labute approximate surface area is 101 Å². The van der Waals surface area contributed by atoms with Crippen LogP contribution >= 0.6 is 0 Å². The molecule has 92 valence electrons. The molecule has 4 nitrogen and oxygen atoms in total. The van der Waals surface area contributed by atoms with Gasteiger partial charge < -0.3 is 15.2 Å². The third kappa shape index (κ3) is 3.07. The summed E-state index contributed by atoms with van der Waals surface area (Å²) < 4.78 is 10.6. The number of nitrogens with two attached hydrogens (primary N) is 1. The molecule has 1 aromatic rings. The van der Waals surface area contributed by atoms with Crippen molar-refractivity contribution in [3.05, 3.63) is 29.3 Å². The number of carbonyl (C=O) groups excluding carboxylic acids is 1. The first kappa shape index (κ1) is 13.3. The molecule has 1 heterocycles. The van der Waals surface area contributed by atoms with Crippen molar-refractivity contribution < 1.29 is 14.3 Å². The van der Waals surface area contributed by atoms with Gasteiger partial charge in [0.1, 0.15) is 18.1 Å². The first-order valence-corrected chi connectivity index (χ1v) is 5.31. The van der Waals surface area contributed by atoms with Crippen LogP contribution in [0.3, 0.4) is 0 Å². The average molecular weight is 235 g/mol. The summed E-state index contributed by atoms with van der Waals surface area (Å²) in [6, 6.07) is 5.55. The van der Waals surface area contributed by atoms with Gasteiger partial charge in [0.15, 0.2) is 5.78 Å². The third-order valence-corrected chi connectivity index (χ3v) is 2.38. The van der Waals surface area contributed by atoms with Gasteiger partial charge in [-0.05, 0) is 38.2 Å². The molecule has 0 amide bonds. The topological polar surface area (TPSA) is 61.5 Å². The summed E-state index contributed by atoms with van der Waals surface area (Å²) in [6.45, 7) is 1.90. The summed E-state index contributed by atoms with van der Waals surface area (Å²) in [5, 5.41) is 0. The molecule has 4 heteroatoms. The van der Waals surface area contributed by atoms with Crippen LogP contribution in [-0.2, 0) is 4.79 Å². The van der Waals surface area contributed by atoms with Crippen LogP contribution in [0.5, 0.6) is 11.5 Å². The highest BCUT2D eigenvalue weighted by Gasteiger charge is 2.14.